The Kier molecular flexibility index (Phi) is 26.8. The van der Waals surface area contributed by atoms with E-state index in [1.165, 1.54) is 26.0 Å². The SMILES string of the molecule is C.C.CC(=O)Nc1ccn([C@@H]2O[C@H](COC(=O)c3ccccc3)C(O[C](=O)[BiH][c]3ccccc3)C2(F)F)c(=O)n1.C[C@H]1O[C@H](COC(=O)c2ccccc2)C(O[C](=O)[BiH][c]2ccccc2)C1(F)F.N.Nc1ccn([C@@H]2O[C@H](CO)C(O)C2(F)F)c(=O)n1. The fraction of sp³-hybridized carbons (Fsp3) is 0.339. The molecule has 3 unspecified atom stereocenters. The Morgan fingerprint density at radius 1 is 0.609 bits per heavy atom. The molecule has 3 aliphatic rings. The number of carbonyl (C=O) groups excluding carboxylic acids is 5. The molecule has 87 heavy (non-hydrogen) atoms. The number of nitrogens with two attached hydrogens (primary N) is 1. The van der Waals surface area contributed by atoms with Gasteiger partial charge in [0.15, 0.2) is 6.10 Å². The molecular formula is C56H63Bi2F6N7O16. The Bertz CT molecular complexity index is 3370. The molecule has 2 aromatic heterocycles. The third-order valence-electron chi connectivity index (χ3n) is 12.3. The summed E-state index contributed by atoms with van der Waals surface area (Å²) < 4.78 is 125. The number of hydrogen-bond acceptors (Lipinski definition) is 20. The summed E-state index contributed by atoms with van der Waals surface area (Å²) in [5.41, 5.74) is 3.57. The first-order valence-electron chi connectivity index (χ1n) is 25.0. The van der Waals surface area contributed by atoms with Gasteiger partial charge in [0, 0.05) is 6.20 Å². The molecule has 9 rings (SSSR count). The number of carbonyl (C=O) groups is 5. The summed E-state index contributed by atoms with van der Waals surface area (Å²) >= 11 is -4.43. The van der Waals surface area contributed by atoms with Gasteiger partial charge in [-0.25, -0.2) is 4.79 Å². The van der Waals surface area contributed by atoms with Crippen molar-refractivity contribution in [2.24, 2.45) is 0 Å². The van der Waals surface area contributed by atoms with E-state index in [-0.39, 0.29) is 38.2 Å². The zero-order chi connectivity index (χ0) is 60.9. The van der Waals surface area contributed by atoms with Gasteiger partial charge in [0.25, 0.3) is 0 Å². The maximum Gasteiger partial charge on any atom is 0.351 e. The number of amides is 1. The van der Waals surface area contributed by atoms with Crippen molar-refractivity contribution in [2.75, 3.05) is 30.9 Å². The summed E-state index contributed by atoms with van der Waals surface area (Å²) in [6.07, 6.45) is -14.1. The van der Waals surface area contributed by atoms with Gasteiger partial charge in [0.1, 0.15) is 11.9 Å². The summed E-state index contributed by atoms with van der Waals surface area (Å²) in [6, 6.07) is 36.0. The number of nitrogens with zero attached hydrogens (tertiary/aromatic N) is 4. The smallest absolute Gasteiger partial charge is 0.351 e. The van der Waals surface area contributed by atoms with Crippen molar-refractivity contribution in [3.8, 4) is 0 Å². The number of nitrogen functional groups attached to an aromatic ring is 1. The zero-order valence-electron chi connectivity index (χ0n) is 44.6. The standard InChI is InChI=1S/C19H16F2N3O7.C14H13F2O5.C9H11F2N3O4.2C6H5.2CH4.2Bi.H3N.2H/c1-11(26)22-14-7-8-24(18(28)23-14)17-19(20,21)15(30-10-25)13(31-17)9-29-16(27)12-5-3-2-4-6-12;1-9-14(15,16)12(20-8-17)11(21-9)7-19-13(18)10-5-3-2-4-6-10;10-9(11)6(16)4(3-15)18-7(9)14-2-1-5(12)13-8(14)17;2*1-2-4-6-5-3-1;;;;;;;/h2-8,13,15,17H,9H2,1H3,(H,22,23,26,28);2-6,9,11-12H,7H2,1H3;1-2,4,6-7,15-16H,3H2,(H2,12,13,17);2*1-5H;2*1H4;;;1H3;;/t13-,15?,17-;9-,11-,12?;4-,6?,7-;;;;;;;;;/m111........./s1. The summed E-state index contributed by atoms with van der Waals surface area (Å²) in [6.45, 7) is 0.527. The van der Waals surface area contributed by atoms with Crippen LogP contribution < -0.4 is 35.1 Å². The van der Waals surface area contributed by atoms with E-state index >= 15 is 8.78 Å². The predicted octanol–water partition coefficient (Wildman–Crippen LogP) is 4.54. The normalized spacial score (nSPS) is 22.5. The van der Waals surface area contributed by atoms with Crippen LogP contribution in [0, 0.1) is 0 Å². The molecule has 0 spiro atoms. The number of aromatic nitrogens is 4. The molecule has 0 aliphatic carbocycles. The number of alkyl halides is 6. The number of esters is 2. The van der Waals surface area contributed by atoms with Crippen LogP contribution in [0.1, 0.15) is 61.9 Å². The minimum Gasteiger partial charge on any atom is -0.394 e. The Labute approximate surface area is 516 Å². The number of hydrogen-bond donors (Lipinski definition) is 5. The van der Waals surface area contributed by atoms with E-state index in [1.54, 1.807) is 103 Å². The minimum absolute atomic E-state index is 0. The van der Waals surface area contributed by atoms with Crippen molar-refractivity contribution in [1.29, 1.82) is 0 Å². The first kappa shape index (κ1) is 72.4. The molecule has 1 amide bonds. The van der Waals surface area contributed by atoms with Crippen molar-refractivity contribution in [2.45, 2.75) is 102 Å². The van der Waals surface area contributed by atoms with E-state index in [2.05, 4.69) is 15.3 Å². The van der Waals surface area contributed by atoms with E-state index in [9.17, 15) is 56.2 Å². The van der Waals surface area contributed by atoms with Crippen LogP contribution in [0.2, 0.25) is 0 Å². The van der Waals surface area contributed by atoms with E-state index in [0.29, 0.717) is 14.7 Å². The van der Waals surface area contributed by atoms with Crippen LogP contribution in [-0.2, 0) is 38.0 Å². The van der Waals surface area contributed by atoms with Crippen molar-refractivity contribution < 1.29 is 93.7 Å². The van der Waals surface area contributed by atoms with Crippen LogP contribution in [0.3, 0.4) is 0 Å². The molecule has 0 saturated carbocycles. The van der Waals surface area contributed by atoms with Gasteiger partial charge in [-0.3, -0.25) is 4.57 Å². The van der Waals surface area contributed by atoms with Gasteiger partial charge in [-0.1, -0.05) is 14.9 Å². The van der Waals surface area contributed by atoms with E-state index in [0.717, 1.165) is 31.1 Å². The third-order valence-corrected chi connectivity index (χ3v) is 19.7. The predicted molar refractivity (Wildman–Crippen MR) is 305 cm³/mol. The van der Waals surface area contributed by atoms with Gasteiger partial charge >= 0.3 is 411 Å². The maximum atomic E-state index is 15.7. The number of rotatable bonds is 16. The molecule has 3 aliphatic heterocycles. The molecular weight excluding hydrogens is 1560 g/mol. The number of anilines is 2. The van der Waals surface area contributed by atoms with Crippen LogP contribution >= 0.6 is 0 Å². The Morgan fingerprint density at radius 3 is 1.44 bits per heavy atom. The third kappa shape index (κ3) is 18.5. The Morgan fingerprint density at radius 2 is 1.01 bits per heavy atom. The second kappa shape index (κ2) is 32.2. The topological polar surface area (TPSA) is 333 Å². The average molecular weight is 1620 g/mol. The number of halogens is 6. The van der Waals surface area contributed by atoms with Crippen LogP contribution in [0.15, 0.2) is 155 Å². The van der Waals surface area contributed by atoms with Crippen molar-refractivity contribution in [3.05, 3.63) is 178 Å². The van der Waals surface area contributed by atoms with Gasteiger partial charge in [0.2, 0.25) is 6.23 Å². The molecule has 23 nitrogen and oxygen atoms in total. The quantitative estimate of drug-likeness (QED) is 0.0384. The van der Waals surface area contributed by atoms with Crippen LogP contribution in [0.5, 0.6) is 0 Å². The number of ether oxygens (including phenoxy) is 7. The first-order valence-corrected chi connectivity index (χ1v) is 32.8. The molecule has 31 heteroatoms. The van der Waals surface area contributed by atoms with Gasteiger partial charge in [-0.15, -0.1) is 0 Å². The van der Waals surface area contributed by atoms with E-state index in [4.69, 9.17) is 44.0 Å². The van der Waals surface area contributed by atoms with Crippen molar-refractivity contribution in [1.82, 2.24) is 25.3 Å². The van der Waals surface area contributed by atoms with E-state index < -0.39 is 176 Å². The van der Waals surface area contributed by atoms with Crippen molar-refractivity contribution >= 4 is 89.8 Å². The first-order chi connectivity index (χ1) is 39.9. The fourth-order valence-corrected chi connectivity index (χ4v) is 14.3. The fourth-order valence-electron chi connectivity index (χ4n) is 8.20. The number of aliphatic hydroxyl groups is 2. The van der Waals surface area contributed by atoms with Gasteiger partial charge < -0.3 is 26.8 Å². The molecule has 9 atom stereocenters. The zero-order valence-corrected chi connectivity index (χ0v) is 52.4. The molecule has 6 aromatic rings. The monoisotopic (exact) mass is 1620 g/mol. The number of nitrogens with one attached hydrogen (secondary N) is 1. The van der Waals surface area contributed by atoms with Crippen LogP contribution in [0.4, 0.5) is 47.6 Å². The molecule has 0 radical (unpaired) electrons. The minimum atomic E-state index is -3.89. The number of benzene rings is 4. The van der Waals surface area contributed by atoms with Gasteiger partial charge in [-0.2, -0.15) is 13.8 Å². The maximum absolute atomic E-state index is 15.7. The van der Waals surface area contributed by atoms with Gasteiger partial charge in [-0.05, 0) is 6.07 Å². The molecule has 0 bridgehead atoms. The molecule has 3 saturated heterocycles. The second-order valence-corrected chi connectivity index (χ2v) is 27.9. The average Bonchev–Trinajstić information content (AvgIpc) is 3.87. The number of aliphatic hydroxyl groups excluding tert-OH is 2. The molecule has 5 heterocycles. The molecule has 470 valence electrons. The molecule has 8 N–H and O–H groups in total. The summed E-state index contributed by atoms with van der Waals surface area (Å²) in [7, 11) is 0. The van der Waals surface area contributed by atoms with Crippen molar-refractivity contribution in [3.63, 3.8) is 0 Å². The molecule has 3 fully saturated rings. The Hall–Kier alpha value is -7.10. The van der Waals surface area contributed by atoms with Crippen LogP contribution in [-0.4, -0.2) is 181 Å². The van der Waals surface area contributed by atoms with E-state index in [1.807, 2.05) is 6.07 Å². The summed E-state index contributed by atoms with van der Waals surface area (Å²) in [4.78, 5) is 91.4. The Balaban J connectivity index is 0.000000292. The molecule has 4 aromatic carbocycles. The van der Waals surface area contributed by atoms with Crippen LogP contribution in [0.25, 0.3) is 0 Å². The summed E-state index contributed by atoms with van der Waals surface area (Å²) in [5, 5.41) is 20.4. The second-order valence-electron chi connectivity index (χ2n) is 18.3. The largest absolute Gasteiger partial charge is 0.394 e. The summed E-state index contributed by atoms with van der Waals surface area (Å²) in [5.74, 6) is -13.2. The van der Waals surface area contributed by atoms with Gasteiger partial charge in [0.05, 0.1) is 6.61 Å².